The number of nitrogens with zero attached hydrogens (tertiary/aromatic N) is 2. The van der Waals surface area contributed by atoms with Gasteiger partial charge in [0, 0.05) is 31.4 Å². The molecule has 1 amide bonds. The van der Waals surface area contributed by atoms with E-state index >= 15 is 0 Å². The van der Waals surface area contributed by atoms with Gasteiger partial charge in [0.25, 0.3) is 5.91 Å². The molecule has 0 aliphatic carbocycles. The molecule has 1 aromatic heterocycles. The summed E-state index contributed by atoms with van der Waals surface area (Å²) in [6.07, 6.45) is 1.94. The molecule has 3 aromatic rings. The van der Waals surface area contributed by atoms with Crippen molar-refractivity contribution in [2.24, 2.45) is 0 Å². The lowest BCUT2D eigenvalue weighted by Gasteiger charge is -2.29. The van der Waals surface area contributed by atoms with Gasteiger partial charge in [0.15, 0.2) is 0 Å². The number of rotatable bonds is 3. The molecule has 0 fully saturated rings. The van der Waals surface area contributed by atoms with Crippen molar-refractivity contribution in [3.05, 3.63) is 83.9 Å². The van der Waals surface area contributed by atoms with Gasteiger partial charge in [-0.2, -0.15) is 0 Å². The molecule has 0 radical (unpaired) electrons. The first-order chi connectivity index (χ1) is 12.7. The summed E-state index contributed by atoms with van der Waals surface area (Å²) >= 11 is 0. The van der Waals surface area contributed by atoms with E-state index in [1.54, 1.807) is 12.1 Å². The van der Waals surface area contributed by atoms with Gasteiger partial charge in [-0.25, -0.2) is 4.39 Å². The van der Waals surface area contributed by atoms with Crippen molar-refractivity contribution in [3.63, 3.8) is 0 Å². The molecule has 0 saturated carbocycles. The van der Waals surface area contributed by atoms with Crippen LogP contribution in [0, 0.1) is 5.82 Å². The summed E-state index contributed by atoms with van der Waals surface area (Å²) in [4.78, 5) is 14.8. The molecule has 0 N–H and O–H groups in total. The lowest BCUT2D eigenvalue weighted by molar-refractivity contribution is 0.0692. The van der Waals surface area contributed by atoms with Gasteiger partial charge < -0.3 is 9.47 Å². The number of fused-ring (bicyclic) bond motifs is 1. The smallest absolute Gasteiger partial charge is 0.271 e. The number of benzene rings is 2. The number of halogens is 1. The van der Waals surface area contributed by atoms with Crippen molar-refractivity contribution in [1.29, 1.82) is 0 Å². The molecule has 3 nitrogen and oxygen atoms in total. The van der Waals surface area contributed by atoms with Crippen LogP contribution in [-0.2, 0) is 13.1 Å². The summed E-state index contributed by atoms with van der Waals surface area (Å²) in [7, 11) is 0. The van der Waals surface area contributed by atoms with Crippen LogP contribution in [0.2, 0.25) is 0 Å². The molecule has 4 heteroatoms. The minimum absolute atomic E-state index is 0.0226. The van der Waals surface area contributed by atoms with E-state index in [0.717, 1.165) is 23.2 Å². The van der Waals surface area contributed by atoms with Gasteiger partial charge in [0.2, 0.25) is 0 Å². The van der Waals surface area contributed by atoms with Crippen molar-refractivity contribution in [3.8, 4) is 11.1 Å². The molecule has 26 heavy (non-hydrogen) atoms. The number of amides is 1. The standard InChI is InChI=1S/C20H17FN2O.C2H6/c21-17-8-6-16(7-9-17)18-10-11-22-12-13-23(20(24)19(18)22)14-15-4-2-1-3-5-15;1-2/h1-11H,12-14H2;1-2H3. The van der Waals surface area contributed by atoms with E-state index in [4.69, 9.17) is 0 Å². The van der Waals surface area contributed by atoms with E-state index in [2.05, 4.69) is 0 Å². The molecule has 0 bridgehead atoms. The van der Waals surface area contributed by atoms with E-state index in [1.807, 2.05) is 65.9 Å². The van der Waals surface area contributed by atoms with Crippen LogP contribution in [0.5, 0.6) is 0 Å². The summed E-state index contributed by atoms with van der Waals surface area (Å²) in [6.45, 7) is 6.07. The van der Waals surface area contributed by atoms with E-state index in [9.17, 15) is 9.18 Å². The van der Waals surface area contributed by atoms with Gasteiger partial charge in [-0.3, -0.25) is 4.79 Å². The maximum atomic E-state index is 13.2. The summed E-state index contributed by atoms with van der Waals surface area (Å²) in [5.74, 6) is -0.252. The van der Waals surface area contributed by atoms with Gasteiger partial charge in [0.1, 0.15) is 11.5 Å². The van der Waals surface area contributed by atoms with Crippen LogP contribution in [0.15, 0.2) is 66.9 Å². The normalized spacial score (nSPS) is 13.0. The molecule has 1 aliphatic heterocycles. The highest BCUT2D eigenvalue weighted by Gasteiger charge is 2.27. The summed E-state index contributed by atoms with van der Waals surface area (Å²) in [5.41, 5.74) is 3.52. The van der Waals surface area contributed by atoms with Crippen LogP contribution in [-0.4, -0.2) is 21.9 Å². The molecule has 2 heterocycles. The Labute approximate surface area is 153 Å². The highest BCUT2D eigenvalue weighted by Crippen LogP contribution is 2.29. The van der Waals surface area contributed by atoms with Gasteiger partial charge >= 0.3 is 0 Å². The average Bonchev–Trinajstić information content (AvgIpc) is 3.12. The van der Waals surface area contributed by atoms with Crippen LogP contribution < -0.4 is 0 Å². The number of carbonyl (C=O) groups excluding carboxylic acids is 1. The van der Waals surface area contributed by atoms with E-state index < -0.39 is 0 Å². The molecule has 0 atom stereocenters. The lowest BCUT2D eigenvalue weighted by Crippen LogP contribution is -2.39. The summed E-state index contributed by atoms with van der Waals surface area (Å²) < 4.78 is 15.2. The fraction of sp³-hybridized carbons (Fsp3) is 0.227. The maximum Gasteiger partial charge on any atom is 0.271 e. The maximum absolute atomic E-state index is 13.2. The monoisotopic (exact) mass is 350 g/mol. The van der Waals surface area contributed by atoms with E-state index in [1.165, 1.54) is 12.1 Å². The summed E-state index contributed by atoms with van der Waals surface area (Å²) in [5, 5.41) is 0. The van der Waals surface area contributed by atoms with Crippen LogP contribution in [0.4, 0.5) is 4.39 Å². The second-order valence-corrected chi connectivity index (χ2v) is 5.99. The topological polar surface area (TPSA) is 25.2 Å². The second-order valence-electron chi connectivity index (χ2n) is 5.99. The van der Waals surface area contributed by atoms with Crippen molar-refractivity contribution < 1.29 is 9.18 Å². The summed E-state index contributed by atoms with van der Waals surface area (Å²) in [6, 6.07) is 18.2. The Morgan fingerprint density at radius 3 is 2.31 bits per heavy atom. The Hall–Kier alpha value is -2.88. The zero-order valence-electron chi connectivity index (χ0n) is 15.2. The zero-order chi connectivity index (χ0) is 18.5. The minimum Gasteiger partial charge on any atom is -0.341 e. The Kier molecular flexibility index (Phi) is 5.52. The van der Waals surface area contributed by atoms with Gasteiger partial charge in [-0.05, 0) is 29.3 Å². The number of hydrogen-bond acceptors (Lipinski definition) is 1. The van der Waals surface area contributed by atoms with Crippen LogP contribution in [0.3, 0.4) is 0 Å². The zero-order valence-corrected chi connectivity index (χ0v) is 15.2. The number of carbonyl (C=O) groups is 1. The van der Waals surface area contributed by atoms with E-state index in [-0.39, 0.29) is 11.7 Å². The third kappa shape index (κ3) is 3.54. The highest BCUT2D eigenvalue weighted by atomic mass is 19.1. The van der Waals surface area contributed by atoms with Gasteiger partial charge in [-0.15, -0.1) is 0 Å². The predicted molar refractivity (Wildman–Crippen MR) is 102 cm³/mol. The molecule has 1 aliphatic rings. The molecule has 2 aromatic carbocycles. The quantitative estimate of drug-likeness (QED) is 0.654. The van der Waals surface area contributed by atoms with Crippen LogP contribution in [0.1, 0.15) is 29.9 Å². The second kappa shape index (κ2) is 8.00. The van der Waals surface area contributed by atoms with Crippen molar-refractivity contribution in [1.82, 2.24) is 9.47 Å². The van der Waals surface area contributed by atoms with Crippen molar-refractivity contribution in [2.45, 2.75) is 26.9 Å². The lowest BCUT2D eigenvalue weighted by atomic mass is 10.0. The first-order valence-electron chi connectivity index (χ1n) is 9.00. The first kappa shape index (κ1) is 17.9. The Morgan fingerprint density at radius 2 is 1.62 bits per heavy atom. The van der Waals surface area contributed by atoms with Crippen LogP contribution >= 0.6 is 0 Å². The fourth-order valence-corrected chi connectivity index (χ4v) is 3.19. The fourth-order valence-electron chi connectivity index (χ4n) is 3.19. The Bertz CT molecular complexity index is 869. The third-order valence-corrected chi connectivity index (χ3v) is 4.44. The Morgan fingerprint density at radius 1 is 0.923 bits per heavy atom. The third-order valence-electron chi connectivity index (χ3n) is 4.44. The van der Waals surface area contributed by atoms with Crippen molar-refractivity contribution in [2.75, 3.05) is 6.54 Å². The SMILES string of the molecule is CC.O=C1c2c(-c3ccc(F)cc3)ccn2CCN1Cc1ccccc1. The number of aromatic nitrogens is 1. The average molecular weight is 350 g/mol. The molecule has 0 spiro atoms. The predicted octanol–water partition coefficient (Wildman–Crippen LogP) is 4.98. The van der Waals surface area contributed by atoms with Crippen LogP contribution in [0.25, 0.3) is 11.1 Å². The van der Waals surface area contributed by atoms with Gasteiger partial charge in [0.05, 0.1) is 0 Å². The Balaban J connectivity index is 0.000000948. The van der Waals surface area contributed by atoms with E-state index in [0.29, 0.717) is 18.8 Å². The first-order valence-corrected chi connectivity index (χ1v) is 9.00. The van der Waals surface area contributed by atoms with Crippen molar-refractivity contribution >= 4 is 5.91 Å². The van der Waals surface area contributed by atoms with Gasteiger partial charge in [-0.1, -0.05) is 56.3 Å². The highest BCUT2D eigenvalue weighted by molar-refractivity contribution is 6.00. The molecular weight excluding hydrogens is 327 g/mol. The number of hydrogen-bond donors (Lipinski definition) is 0. The largest absolute Gasteiger partial charge is 0.341 e. The molecule has 134 valence electrons. The molecular formula is C22H23FN2O. The molecule has 0 unspecified atom stereocenters. The molecule has 0 saturated heterocycles. The molecule has 4 rings (SSSR count). The minimum atomic E-state index is -0.274.